The van der Waals surface area contributed by atoms with Crippen LogP contribution in [0.3, 0.4) is 0 Å². The van der Waals surface area contributed by atoms with Gasteiger partial charge in [0.1, 0.15) is 6.29 Å². The molecule has 0 radical (unpaired) electrons. The van der Waals surface area contributed by atoms with E-state index in [0.717, 1.165) is 0 Å². The number of carbonyl (C=O) groups is 2. The van der Waals surface area contributed by atoms with E-state index in [-0.39, 0.29) is 10.9 Å². The largest absolute Gasteiger partial charge is 0.322 e. The highest BCUT2D eigenvalue weighted by Gasteiger charge is 2.11. The molecule has 2 rings (SSSR count). The lowest BCUT2D eigenvalue weighted by molar-refractivity contribution is 0.102. The Labute approximate surface area is 120 Å². The third-order valence-corrected chi connectivity index (χ3v) is 3.00. The van der Waals surface area contributed by atoms with Crippen molar-refractivity contribution in [3.05, 3.63) is 63.6 Å². The zero-order valence-electron chi connectivity index (χ0n) is 9.69. The molecule has 0 aliphatic heterocycles. The first-order valence-electron chi connectivity index (χ1n) is 5.42. The molecular weight excluding hydrogens is 285 g/mol. The SMILES string of the molecule is O=Cc1cccc(NC(=O)c2ccc(Cl)cc2Cl)c1. The van der Waals surface area contributed by atoms with Crippen molar-refractivity contribution >= 4 is 41.1 Å². The molecule has 2 aromatic rings. The second-order valence-corrected chi connectivity index (χ2v) is 4.67. The predicted molar refractivity (Wildman–Crippen MR) is 76.2 cm³/mol. The van der Waals surface area contributed by atoms with Gasteiger partial charge in [0.25, 0.3) is 5.91 Å². The van der Waals surface area contributed by atoms with Gasteiger partial charge in [-0.3, -0.25) is 9.59 Å². The van der Waals surface area contributed by atoms with Crippen LogP contribution in [0.25, 0.3) is 0 Å². The average Bonchev–Trinajstić information content (AvgIpc) is 2.38. The molecule has 5 heteroatoms. The van der Waals surface area contributed by atoms with Crippen molar-refractivity contribution in [2.75, 3.05) is 5.32 Å². The number of carbonyl (C=O) groups excluding carboxylic acids is 2. The lowest BCUT2D eigenvalue weighted by Crippen LogP contribution is -2.12. The van der Waals surface area contributed by atoms with E-state index in [0.29, 0.717) is 28.1 Å². The smallest absolute Gasteiger partial charge is 0.257 e. The summed E-state index contributed by atoms with van der Waals surface area (Å²) in [5.74, 6) is -0.357. The van der Waals surface area contributed by atoms with Gasteiger partial charge < -0.3 is 5.32 Å². The quantitative estimate of drug-likeness (QED) is 0.868. The maximum absolute atomic E-state index is 12.0. The molecule has 0 aliphatic carbocycles. The summed E-state index contributed by atoms with van der Waals surface area (Å²) in [5, 5.41) is 3.40. The normalized spacial score (nSPS) is 10.0. The van der Waals surface area contributed by atoms with E-state index < -0.39 is 0 Å². The van der Waals surface area contributed by atoms with Crippen molar-refractivity contribution in [3.63, 3.8) is 0 Å². The van der Waals surface area contributed by atoms with Crippen molar-refractivity contribution in [2.45, 2.75) is 0 Å². The van der Waals surface area contributed by atoms with E-state index in [4.69, 9.17) is 23.2 Å². The first kappa shape index (κ1) is 13.6. The van der Waals surface area contributed by atoms with Crippen LogP contribution in [-0.4, -0.2) is 12.2 Å². The number of rotatable bonds is 3. The second kappa shape index (κ2) is 5.87. The van der Waals surface area contributed by atoms with Gasteiger partial charge in [0.05, 0.1) is 10.6 Å². The number of hydrogen-bond donors (Lipinski definition) is 1. The minimum atomic E-state index is -0.357. The summed E-state index contributed by atoms with van der Waals surface area (Å²) < 4.78 is 0. The zero-order chi connectivity index (χ0) is 13.8. The van der Waals surface area contributed by atoms with E-state index in [1.54, 1.807) is 36.4 Å². The Morgan fingerprint density at radius 3 is 2.58 bits per heavy atom. The summed E-state index contributed by atoms with van der Waals surface area (Å²) in [6.45, 7) is 0. The molecule has 1 amide bonds. The minimum absolute atomic E-state index is 0.275. The standard InChI is InChI=1S/C14H9Cl2NO2/c15-10-4-5-12(13(16)7-10)14(19)17-11-3-1-2-9(6-11)8-18/h1-8H,(H,17,19). The van der Waals surface area contributed by atoms with Gasteiger partial charge >= 0.3 is 0 Å². The number of benzene rings is 2. The Morgan fingerprint density at radius 2 is 1.89 bits per heavy atom. The van der Waals surface area contributed by atoms with Crippen molar-refractivity contribution in [1.29, 1.82) is 0 Å². The molecule has 2 aromatic carbocycles. The van der Waals surface area contributed by atoms with E-state index >= 15 is 0 Å². The second-order valence-electron chi connectivity index (χ2n) is 3.82. The van der Waals surface area contributed by atoms with E-state index in [1.165, 1.54) is 6.07 Å². The number of hydrogen-bond acceptors (Lipinski definition) is 2. The molecule has 0 aromatic heterocycles. The third kappa shape index (κ3) is 3.34. The number of nitrogens with one attached hydrogen (secondary N) is 1. The van der Waals surface area contributed by atoms with E-state index in [2.05, 4.69) is 5.32 Å². The fourth-order valence-electron chi connectivity index (χ4n) is 1.56. The van der Waals surface area contributed by atoms with Gasteiger partial charge in [0.2, 0.25) is 0 Å². The molecule has 0 unspecified atom stereocenters. The first-order valence-corrected chi connectivity index (χ1v) is 6.17. The van der Waals surface area contributed by atoms with Crippen molar-refractivity contribution in [2.24, 2.45) is 0 Å². The van der Waals surface area contributed by atoms with Crippen LogP contribution in [0.1, 0.15) is 20.7 Å². The minimum Gasteiger partial charge on any atom is -0.322 e. The van der Waals surface area contributed by atoms with Crippen molar-refractivity contribution in [3.8, 4) is 0 Å². The van der Waals surface area contributed by atoms with Crippen LogP contribution in [0.4, 0.5) is 5.69 Å². The summed E-state index contributed by atoms with van der Waals surface area (Å²) in [6.07, 6.45) is 0.713. The third-order valence-electron chi connectivity index (χ3n) is 2.46. The van der Waals surface area contributed by atoms with Gasteiger partial charge in [0, 0.05) is 16.3 Å². The Hall–Kier alpha value is -1.84. The highest BCUT2D eigenvalue weighted by atomic mass is 35.5. The summed E-state index contributed by atoms with van der Waals surface area (Å²) in [5.41, 5.74) is 1.34. The fourth-order valence-corrected chi connectivity index (χ4v) is 2.06. The molecule has 0 aliphatic rings. The monoisotopic (exact) mass is 293 g/mol. The van der Waals surface area contributed by atoms with Crippen molar-refractivity contribution < 1.29 is 9.59 Å². The van der Waals surface area contributed by atoms with Crippen LogP contribution < -0.4 is 5.32 Å². The number of anilines is 1. The molecule has 19 heavy (non-hydrogen) atoms. The molecule has 0 heterocycles. The molecular formula is C14H9Cl2NO2. The number of halogens is 2. The van der Waals surface area contributed by atoms with Gasteiger partial charge in [0.15, 0.2) is 0 Å². The van der Waals surface area contributed by atoms with Crippen LogP contribution in [0.2, 0.25) is 10.0 Å². The predicted octanol–water partition coefficient (Wildman–Crippen LogP) is 4.06. The van der Waals surface area contributed by atoms with Gasteiger partial charge in [-0.25, -0.2) is 0 Å². The van der Waals surface area contributed by atoms with Crippen LogP contribution in [-0.2, 0) is 0 Å². The number of amides is 1. The van der Waals surface area contributed by atoms with Gasteiger partial charge in [-0.1, -0.05) is 35.3 Å². The summed E-state index contributed by atoms with van der Waals surface area (Å²) >= 11 is 11.7. The highest BCUT2D eigenvalue weighted by Crippen LogP contribution is 2.22. The van der Waals surface area contributed by atoms with Crippen LogP contribution >= 0.6 is 23.2 Å². The molecule has 0 fully saturated rings. The molecule has 0 saturated heterocycles. The Balaban J connectivity index is 2.22. The van der Waals surface area contributed by atoms with Crippen molar-refractivity contribution in [1.82, 2.24) is 0 Å². The molecule has 3 nitrogen and oxygen atoms in total. The van der Waals surface area contributed by atoms with Crippen LogP contribution in [0.5, 0.6) is 0 Å². The fraction of sp³-hybridized carbons (Fsp3) is 0. The lowest BCUT2D eigenvalue weighted by Gasteiger charge is -2.07. The maximum atomic E-state index is 12.0. The number of aldehydes is 1. The van der Waals surface area contributed by atoms with E-state index in [1.807, 2.05) is 0 Å². The van der Waals surface area contributed by atoms with Gasteiger partial charge in [-0.05, 0) is 30.3 Å². The Morgan fingerprint density at radius 1 is 1.11 bits per heavy atom. The topological polar surface area (TPSA) is 46.2 Å². The zero-order valence-corrected chi connectivity index (χ0v) is 11.2. The van der Waals surface area contributed by atoms with Gasteiger partial charge in [-0.15, -0.1) is 0 Å². The molecule has 0 saturated carbocycles. The molecule has 0 atom stereocenters. The molecule has 0 spiro atoms. The molecule has 0 bridgehead atoms. The maximum Gasteiger partial charge on any atom is 0.257 e. The summed E-state index contributed by atoms with van der Waals surface area (Å²) in [7, 11) is 0. The van der Waals surface area contributed by atoms with Gasteiger partial charge in [-0.2, -0.15) is 0 Å². The van der Waals surface area contributed by atoms with E-state index in [9.17, 15) is 9.59 Å². The van der Waals surface area contributed by atoms with Crippen LogP contribution in [0.15, 0.2) is 42.5 Å². The first-order chi connectivity index (χ1) is 9.10. The summed E-state index contributed by atoms with van der Waals surface area (Å²) in [4.78, 5) is 22.7. The molecule has 96 valence electrons. The average molecular weight is 294 g/mol. The highest BCUT2D eigenvalue weighted by molar-refractivity contribution is 6.37. The van der Waals surface area contributed by atoms with Crippen LogP contribution in [0, 0.1) is 0 Å². The Bertz CT molecular complexity index is 641. The summed E-state index contributed by atoms with van der Waals surface area (Å²) in [6, 6.07) is 11.2. The Kier molecular flexibility index (Phi) is 4.20. The molecule has 1 N–H and O–H groups in total. The lowest BCUT2D eigenvalue weighted by atomic mass is 10.2.